The highest BCUT2D eigenvalue weighted by Gasteiger charge is 2.52. The van der Waals surface area contributed by atoms with Crippen LogP contribution >= 0.6 is 11.6 Å². The molecule has 132 valence electrons. The average molecular weight is 358 g/mol. The number of halogens is 1. The normalized spacial score (nSPS) is 24.6. The molecule has 5 heteroatoms. The number of nitrogens with zero attached hydrogens (tertiary/aromatic N) is 2. The molecule has 0 bridgehead atoms. The van der Waals surface area contributed by atoms with Crippen molar-refractivity contribution in [1.29, 1.82) is 0 Å². The van der Waals surface area contributed by atoms with Crippen LogP contribution in [0.15, 0.2) is 42.6 Å². The Hall–Kier alpha value is -1.46. The van der Waals surface area contributed by atoms with Gasteiger partial charge in [-0.25, -0.2) is 4.98 Å². The van der Waals surface area contributed by atoms with Crippen LogP contribution in [0.5, 0.6) is 0 Å². The van der Waals surface area contributed by atoms with Crippen LogP contribution in [0.2, 0.25) is 5.15 Å². The van der Waals surface area contributed by atoms with Crippen LogP contribution < -0.4 is 5.32 Å². The zero-order valence-corrected chi connectivity index (χ0v) is 15.2. The van der Waals surface area contributed by atoms with E-state index in [1.165, 1.54) is 11.1 Å². The standard InChI is InChI=1S/C20H24ClN3O/c1-24(13-14-5-4-10-23-19(14)21)17-15-6-2-3-7-16(15)20(18(17)25)8-11-22-12-9-20/h2-7,10,17-18,22,25H,8-9,11-13H2,1H3/t17-,18+/m1/s1. The lowest BCUT2D eigenvalue weighted by Crippen LogP contribution is -2.48. The van der Waals surface area contributed by atoms with Crippen LogP contribution in [0.1, 0.15) is 35.6 Å². The van der Waals surface area contributed by atoms with Gasteiger partial charge in [-0.15, -0.1) is 0 Å². The highest BCUT2D eigenvalue weighted by Crippen LogP contribution is 2.52. The van der Waals surface area contributed by atoms with Gasteiger partial charge in [0.05, 0.1) is 12.1 Å². The third kappa shape index (κ3) is 2.77. The molecule has 2 aliphatic rings. The molecular weight excluding hydrogens is 334 g/mol. The third-order valence-electron chi connectivity index (χ3n) is 5.91. The summed E-state index contributed by atoms with van der Waals surface area (Å²) < 4.78 is 0. The summed E-state index contributed by atoms with van der Waals surface area (Å²) in [6.45, 7) is 2.57. The van der Waals surface area contributed by atoms with Crippen LogP contribution in [0, 0.1) is 0 Å². The Morgan fingerprint density at radius 2 is 2.00 bits per heavy atom. The fourth-order valence-corrected chi connectivity index (χ4v) is 4.84. The van der Waals surface area contributed by atoms with Crippen LogP contribution in [-0.4, -0.2) is 41.2 Å². The molecule has 0 unspecified atom stereocenters. The summed E-state index contributed by atoms with van der Waals surface area (Å²) in [7, 11) is 2.06. The first kappa shape index (κ1) is 17.0. The lowest BCUT2D eigenvalue weighted by molar-refractivity contribution is 0.00418. The summed E-state index contributed by atoms with van der Waals surface area (Å²) in [5.74, 6) is 0. The summed E-state index contributed by atoms with van der Waals surface area (Å²) in [5.41, 5.74) is 3.42. The smallest absolute Gasteiger partial charge is 0.133 e. The zero-order chi connectivity index (χ0) is 17.4. The second kappa shape index (κ2) is 6.69. The molecule has 25 heavy (non-hydrogen) atoms. The highest BCUT2D eigenvalue weighted by atomic mass is 35.5. The summed E-state index contributed by atoms with van der Waals surface area (Å²) >= 11 is 6.25. The van der Waals surface area contributed by atoms with Crippen LogP contribution in [0.25, 0.3) is 0 Å². The van der Waals surface area contributed by atoms with Gasteiger partial charge in [0.2, 0.25) is 0 Å². The molecule has 2 heterocycles. The van der Waals surface area contributed by atoms with E-state index >= 15 is 0 Å². The number of piperidine rings is 1. The molecule has 1 fully saturated rings. The van der Waals surface area contributed by atoms with Crippen molar-refractivity contribution < 1.29 is 5.11 Å². The number of aliphatic hydroxyl groups excluding tert-OH is 1. The lowest BCUT2D eigenvalue weighted by Gasteiger charge is -2.40. The Balaban J connectivity index is 1.69. The number of aromatic nitrogens is 1. The van der Waals surface area contributed by atoms with Crippen molar-refractivity contribution in [1.82, 2.24) is 15.2 Å². The monoisotopic (exact) mass is 357 g/mol. The summed E-state index contributed by atoms with van der Waals surface area (Å²) in [5, 5.41) is 15.3. The van der Waals surface area contributed by atoms with Crippen molar-refractivity contribution in [3.8, 4) is 0 Å². The van der Waals surface area contributed by atoms with E-state index in [9.17, 15) is 5.11 Å². The van der Waals surface area contributed by atoms with Crippen molar-refractivity contribution >= 4 is 11.6 Å². The first-order valence-electron chi connectivity index (χ1n) is 8.91. The van der Waals surface area contributed by atoms with E-state index in [0.717, 1.165) is 31.5 Å². The van der Waals surface area contributed by atoms with E-state index in [1.54, 1.807) is 6.20 Å². The number of aliphatic hydroxyl groups is 1. The predicted molar refractivity (Wildman–Crippen MR) is 99.7 cm³/mol. The molecule has 1 aromatic carbocycles. The molecule has 2 N–H and O–H groups in total. The van der Waals surface area contributed by atoms with Gasteiger partial charge in [0.1, 0.15) is 5.15 Å². The summed E-state index contributed by atoms with van der Waals surface area (Å²) in [6, 6.07) is 12.4. The second-order valence-corrected chi connectivity index (χ2v) is 7.61. The molecule has 2 atom stereocenters. The molecule has 1 aromatic heterocycles. The number of nitrogens with one attached hydrogen (secondary N) is 1. The highest BCUT2D eigenvalue weighted by molar-refractivity contribution is 6.30. The predicted octanol–water partition coefficient (Wildman–Crippen LogP) is 2.90. The SMILES string of the molecule is CN(Cc1cccnc1Cl)[C@@H]1c2ccccc2C2(CCNCC2)[C@H]1O. The first-order chi connectivity index (χ1) is 12.1. The molecule has 1 aliphatic carbocycles. The molecular formula is C20H24ClN3O. The number of hydrogen-bond donors (Lipinski definition) is 2. The molecule has 1 aliphatic heterocycles. The van der Waals surface area contributed by atoms with Gasteiger partial charge in [-0.05, 0) is 50.2 Å². The summed E-state index contributed by atoms with van der Waals surface area (Å²) in [4.78, 5) is 6.38. The average Bonchev–Trinajstić information content (AvgIpc) is 2.87. The number of likely N-dealkylation sites (N-methyl/N-ethyl adjacent to an activating group) is 1. The molecule has 2 aromatic rings. The minimum Gasteiger partial charge on any atom is -0.390 e. The van der Waals surface area contributed by atoms with E-state index in [-0.39, 0.29) is 11.5 Å². The van der Waals surface area contributed by atoms with E-state index in [2.05, 4.69) is 46.5 Å². The van der Waals surface area contributed by atoms with Crippen LogP contribution in [0.4, 0.5) is 0 Å². The van der Waals surface area contributed by atoms with Crippen molar-refractivity contribution in [3.05, 3.63) is 64.4 Å². The Kier molecular flexibility index (Phi) is 4.54. The number of pyridine rings is 1. The Morgan fingerprint density at radius 3 is 2.76 bits per heavy atom. The number of benzene rings is 1. The van der Waals surface area contributed by atoms with Crippen molar-refractivity contribution in [3.63, 3.8) is 0 Å². The van der Waals surface area contributed by atoms with E-state index in [0.29, 0.717) is 11.7 Å². The minimum absolute atomic E-state index is 0.0226. The molecule has 0 radical (unpaired) electrons. The Morgan fingerprint density at radius 1 is 1.24 bits per heavy atom. The number of hydrogen-bond acceptors (Lipinski definition) is 4. The minimum atomic E-state index is -0.410. The zero-order valence-electron chi connectivity index (χ0n) is 14.5. The Bertz CT molecular complexity index is 760. The maximum atomic E-state index is 11.4. The van der Waals surface area contributed by atoms with Crippen molar-refractivity contribution in [2.75, 3.05) is 20.1 Å². The molecule has 4 nitrogen and oxygen atoms in total. The number of fused-ring (bicyclic) bond motifs is 2. The molecule has 0 saturated carbocycles. The van der Waals surface area contributed by atoms with Gasteiger partial charge in [-0.2, -0.15) is 0 Å². The molecule has 1 saturated heterocycles. The largest absolute Gasteiger partial charge is 0.390 e. The van der Waals surface area contributed by atoms with Gasteiger partial charge in [-0.1, -0.05) is 41.9 Å². The maximum absolute atomic E-state index is 11.4. The van der Waals surface area contributed by atoms with Crippen molar-refractivity contribution in [2.45, 2.75) is 36.9 Å². The second-order valence-electron chi connectivity index (χ2n) is 7.25. The quantitative estimate of drug-likeness (QED) is 0.829. The maximum Gasteiger partial charge on any atom is 0.133 e. The van der Waals surface area contributed by atoms with E-state index < -0.39 is 6.10 Å². The van der Waals surface area contributed by atoms with Gasteiger partial charge in [0.25, 0.3) is 0 Å². The van der Waals surface area contributed by atoms with Gasteiger partial charge in [-0.3, -0.25) is 4.90 Å². The number of rotatable bonds is 3. The molecule has 0 amide bonds. The van der Waals surface area contributed by atoms with Crippen LogP contribution in [-0.2, 0) is 12.0 Å². The third-order valence-corrected chi connectivity index (χ3v) is 6.25. The summed E-state index contributed by atoms with van der Waals surface area (Å²) in [6.07, 6.45) is 3.24. The van der Waals surface area contributed by atoms with Gasteiger partial charge in [0.15, 0.2) is 0 Å². The molecule has 4 rings (SSSR count). The Labute approximate surface area is 153 Å². The van der Waals surface area contributed by atoms with Crippen LogP contribution in [0.3, 0.4) is 0 Å². The molecule has 1 spiro atoms. The fraction of sp³-hybridized carbons (Fsp3) is 0.450. The fourth-order valence-electron chi connectivity index (χ4n) is 4.66. The van der Waals surface area contributed by atoms with E-state index in [4.69, 9.17) is 11.6 Å². The lowest BCUT2D eigenvalue weighted by atomic mass is 9.72. The van der Waals surface area contributed by atoms with Gasteiger partial charge < -0.3 is 10.4 Å². The van der Waals surface area contributed by atoms with Gasteiger partial charge in [0, 0.05) is 23.7 Å². The first-order valence-corrected chi connectivity index (χ1v) is 9.29. The van der Waals surface area contributed by atoms with Crippen molar-refractivity contribution in [2.24, 2.45) is 0 Å². The van der Waals surface area contributed by atoms with Gasteiger partial charge >= 0.3 is 0 Å². The van der Waals surface area contributed by atoms with E-state index in [1.807, 2.05) is 12.1 Å². The topological polar surface area (TPSA) is 48.4 Å².